The Morgan fingerprint density at radius 3 is 2.59 bits per heavy atom. The van der Waals surface area contributed by atoms with E-state index in [0.29, 0.717) is 5.52 Å². The molecule has 1 heterocycles. The quantitative estimate of drug-likeness (QED) is 0.551. The van der Waals surface area contributed by atoms with E-state index in [0.717, 1.165) is 24.8 Å². The summed E-state index contributed by atoms with van der Waals surface area (Å²) in [5.41, 5.74) is 0.904. The van der Waals surface area contributed by atoms with Gasteiger partial charge in [-0.1, -0.05) is 30.3 Å². The van der Waals surface area contributed by atoms with Gasteiger partial charge in [0, 0.05) is 6.07 Å². The van der Waals surface area contributed by atoms with E-state index in [-0.39, 0.29) is 23.7 Å². The number of carbonyl (C=O) groups excluding carboxylic acids is 1. The number of nitro benzene ring substituents is 1. The molecule has 0 bridgehead atoms. The van der Waals surface area contributed by atoms with Crippen LogP contribution in [0.3, 0.4) is 0 Å². The van der Waals surface area contributed by atoms with Crippen molar-refractivity contribution in [3.63, 3.8) is 0 Å². The number of oxazole rings is 1. The van der Waals surface area contributed by atoms with Gasteiger partial charge in [-0.2, -0.15) is 0 Å². The minimum absolute atomic E-state index is 0.0865. The van der Waals surface area contributed by atoms with Crippen LogP contribution in [-0.4, -0.2) is 15.4 Å². The van der Waals surface area contributed by atoms with Crippen molar-refractivity contribution in [1.82, 2.24) is 9.88 Å². The first-order chi connectivity index (χ1) is 13.0. The van der Waals surface area contributed by atoms with Crippen molar-refractivity contribution in [1.29, 1.82) is 0 Å². The normalized spacial score (nSPS) is 15.3. The Labute approximate surface area is 153 Å². The number of non-ortho nitro benzene ring substituents is 1. The zero-order valence-electron chi connectivity index (χ0n) is 14.4. The second kappa shape index (κ2) is 6.39. The highest BCUT2D eigenvalue weighted by molar-refractivity contribution is 5.81. The molecule has 3 aromatic rings. The summed E-state index contributed by atoms with van der Waals surface area (Å²) < 4.78 is 6.26. The third kappa shape index (κ3) is 2.99. The number of carbonyl (C=O) groups is 1. The van der Waals surface area contributed by atoms with Gasteiger partial charge in [0.25, 0.3) is 5.69 Å². The summed E-state index contributed by atoms with van der Waals surface area (Å²) >= 11 is 0. The van der Waals surface area contributed by atoms with Gasteiger partial charge in [-0.3, -0.25) is 19.5 Å². The minimum Gasteiger partial charge on any atom is -0.407 e. The molecular formula is C19H17N3O5. The molecule has 0 radical (unpaired) electrons. The van der Waals surface area contributed by atoms with Crippen LogP contribution in [-0.2, 0) is 16.9 Å². The SMILES string of the molecule is O=C(Cn1c(=O)oc2cc([N+](=O)[O-])ccc21)NC1(c2ccccc2)CCC1. The second-order valence-electron chi connectivity index (χ2n) is 6.71. The number of benzene rings is 2. The zero-order chi connectivity index (χ0) is 19.0. The maximum atomic E-state index is 12.6. The fourth-order valence-corrected chi connectivity index (χ4v) is 3.54. The highest BCUT2D eigenvalue weighted by Crippen LogP contribution is 2.41. The number of hydrogen-bond acceptors (Lipinski definition) is 5. The van der Waals surface area contributed by atoms with Gasteiger partial charge < -0.3 is 9.73 Å². The maximum Gasteiger partial charge on any atom is 0.420 e. The molecule has 138 valence electrons. The topological polar surface area (TPSA) is 107 Å². The molecule has 0 saturated heterocycles. The average molecular weight is 367 g/mol. The molecule has 4 rings (SSSR count). The molecule has 1 aromatic heterocycles. The Kier molecular flexibility index (Phi) is 4.02. The van der Waals surface area contributed by atoms with Crippen molar-refractivity contribution in [3.05, 3.63) is 74.8 Å². The molecule has 0 spiro atoms. The molecule has 1 saturated carbocycles. The molecule has 0 unspecified atom stereocenters. The minimum atomic E-state index is -0.719. The summed E-state index contributed by atoms with van der Waals surface area (Å²) in [7, 11) is 0. The fourth-order valence-electron chi connectivity index (χ4n) is 3.54. The Morgan fingerprint density at radius 1 is 1.22 bits per heavy atom. The van der Waals surface area contributed by atoms with E-state index in [4.69, 9.17) is 4.42 Å². The van der Waals surface area contributed by atoms with Gasteiger partial charge in [-0.15, -0.1) is 0 Å². The lowest BCUT2D eigenvalue weighted by atomic mass is 9.72. The molecule has 27 heavy (non-hydrogen) atoms. The summed E-state index contributed by atoms with van der Waals surface area (Å²) in [5, 5.41) is 13.9. The number of fused-ring (bicyclic) bond motifs is 1. The monoisotopic (exact) mass is 367 g/mol. The van der Waals surface area contributed by atoms with Crippen molar-refractivity contribution in [2.24, 2.45) is 0 Å². The number of amides is 1. The molecule has 2 aromatic carbocycles. The summed E-state index contributed by atoms with van der Waals surface area (Å²) in [5.74, 6) is -1.02. The van der Waals surface area contributed by atoms with Crippen molar-refractivity contribution >= 4 is 22.7 Å². The number of nitrogens with zero attached hydrogens (tertiary/aromatic N) is 2. The van der Waals surface area contributed by atoms with Crippen LogP contribution in [0.15, 0.2) is 57.7 Å². The van der Waals surface area contributed by atoms with Crippen LogP contribution in [0.1, 0.15) is 24.8 Å². The third-order valence-electron chi connectivity index (χ3n) is 5.08. The number of nitro groups is 1. The van der Waals surface area contributed by atoms with Gasteiger partial charge in [0.2, 0.25) is 5.91 Å². The zero-order valence-corrected chi connectivity index (χ0v) is 14.4. The molecule has 1 fully saturated rings. The highest BCUT2D eigenvalue weighted by atomic mass is 16.6. The summed E-state index contributed by atoms with van der Waals surface area (Å²) in [6.07, 6.45) is 2.71. The predicted octanol–water partition coefficient (Wildman–Crippen LogP) is 2.70. The highest BCUT2D eigenvalue weighted by Gasteiger charge is 2.39. The Balaban J connectivity index is 1.59. The van der Waals surface area contributed by atoms with E-state index in [1.54, 1.807) is 0 Å². The fraction of sp³-hybridized carbons (Fsp3) is 0.263. The van der Waals surface area contributed by atoms with Gasteiger partial charge in [0.1, 0.15) is 6.54 Å². The lowest BCUT2D eigenvalue weighted by molar-refractivity contribution is -0.384. The Morgan fingerprint density at radius 2 is 1.96 bits per heavy atom. The van der Waals surface area contributed by atoms with Crippen molar-refractivity contribution in [2.75, 3.05) is 0 Å². The molecule has 1 aliphatic carbocycles. The molecule has 1 N–H and O–H groups in total. The first-order valence-electron chi connectivity index (χ1n) is 8.63. The summed E-state index contributed by atoms with van der Waals surface area (Å²) in [6, 6.07) is 13.6. The largest absolute Gasteiger partial charge is 0.420 e. The number of rotatable bonds is 5. The molecule has 1 aliphatic rings. The van der Waals surface area contributed by atoms with E-state index in [1.807, 2.05) is 30.3 Å². The van der Waals surface area contributed by atoms with Crippen LogP contribution in [0.25, 0.3) is 11.1 Å². The lowest BCUT2D eigenvalue weighted by Crippen LogP contribution is -2.51. The molecule has 0 aliphatic heterocycles. The van der Waals surface area contributed by atoms with Crippen molar-refractivity contribution < 1.29 is 14.1 Å². The van der Waals surface area contributed by atoms with E-state index in [9.17, 15) is 19.7 Å². The van der Waals surface area contributed by atoms with Gasteiger partial charge in [-0.05, 0) is 30.9 Å². The molecule has 8 heteroatoms. The summed E-state index contributed by atoms with van der Waals surface area (Å²) in [4.78, 5) is 35.1. The molecule has 0 atom stereocenters. The predicted molar refractivity (Wildman–Crippen MR) is 97.2 cm³/mol. The maximum absolute atomic E-state index is 12.6. The standard InChI is InChI=1S/C19H17N3O5/c23-17(20-19(9-4-10-19)13-5-2-1-3-6-13)12-21-15-8-7-14(22(25)26)11-16(15)27-18(21)24/h1-3,5-8,11H,4,9-10,12H2,(H,20,23). The van der Waals surface area contributed by atoms with E-state index < -0.39 is 16.2 Å². The summed E-state index contributed by atoms with van der Waals surface area (Å²) in [6.45, 7) is -0.210. The molecule has 1 amide bonds. The van der Waals surface area contributed by atoms with Gasteiger partial charge in [0.15, 0.2) is 5.58 Å². The average Bonchev–Trinajstić information content (AvgIpc) is 2.93. The van der Waals surface area contributed by atoms with Crippen LogP contribution in [0.2, 0.25) is 0 Å². The number of hydrogen-bond donors (Lipinski definition) is 1. The Hall–Kier alpha value is -3.42. The Bertz CT molecular complexity index is 1080. The van der Waals surface area contributed by atoms with Crippen molar-refractivity contribution in [3.8, 4) is 0 Å². The van der Waals surface area contributed by atoms with Crippen LogP contribution in [0.5, 0.6) is 0 Å². The second-order valence-corrected chi connectivity index (χ2v) is 6.71. The first kappa shape index (κ1) is 17.0. The molecular weight excluding hydrogens is 350 g/mol. The van der Waals surface area contributed by atoms with Crippen molar-refractivity contribution in [2.45, 2.75) is 31.3 Å². The van der Waals surface area contributed by atoms with Crippen LogP contribution in [0.4, 0.5) is 5.69 Å². The number of aromatic nitrogens is 1. The van der Waals surface area contributed by atoms with Crippen LogP contribution < -0.4 is 11.1 Å². The molecule has 8 nitrogen and oxygen atoms in total. The first-order valence-corrected chi connectivity index (χ1v) is 8.63. The smallest absolute Gasteiger partial charge is 0.407 e. The van der Waals surface area contributed by atoms with Crippen LogP contribution >= 0.6 is 0 Å². The van der Waals surface area contributed by atoms with Gasteiger partial charge >= 0.3 is 5.76 Å². The van der Waals surface area contributed by atoms with E-state index in [2.05, 4.69) is 5.32 Å². The van der Waals surface area contributed by atoms with E-state index >= 15 is 0 Å². The number of nitrogens with one attached hydrogen (secondary N) is 1. The van der Waals surface area contributed by atoms with Crippen LogP contribution in [0, 0.1) is 10.1 Å². The third-order valence-corrected chi connectivity index (χ3v) is 5.08. The van der Waals surface area contributed by atoms with E-state index in [1.165, 1.54) is 22.8 Å². The van der Waals surface area contributed by atoms with Gasteiger partial charge in [-0.25, -0.2) is 4.79 Å². The van der Waals surface area contributed by atoms with Gasteiger partial charge in [0.05, 0.1) is 22.0 Å². The lowest BCUT2D eigenvalue weighted by Gasteiger charge is -2.43.